The molecule has 5 rings (SSSR count). The zero-order valence-corrected chi connectivity index (χ0v) is 21.1. The third-order valence-electron chi connectivity index (χ3n) is 6.29. The van der Waals surface area contributed by atoms with Crippen LogP contribution in [-0.4, -0.2) is 67.4 Å². The second-order valence-electron chi connectivity index (χ2n) is 8.50. The van der Waals surface area contributed by atoms with E-state index in [-0.39, 0.29) is 11.9 Å². The fourth-order valence-corrected chi connectivity index (χ4v) is 6.16. The molecule has 9 heteroatoms. The number of benzene rings is 2. The number of para-hydroxylation sites is 1. The number of nitrogens with zero attached hydrogens (tertiary/aromatic N) is 6. The van der Waals surface area contributed by atoms with Crippen LogP contribution in [0.2, 0.25) is 0 Å². The predicted octanol–water partition coefficient (Wildman–Crippen LogP) is 4.24. The van der Waals surface area contributed by atoms with Crippen LogP contribution in [0, 0.1) is 6.92 Å². The molecule has 0 spiro atoms. The zero-order chi connectivity index (χ0) is 23.5. The van der Waals surface area contributed by atoms with Gasteiger partial charge in [0.05, 0.1) is 28.6 Å². The van der Waals surface area contributed by atoms with E-state index in [1.807, 2.05) is 36.1 Å². The average molecular weight is 493 g/mol. The molecular formula is C25H28N6OS2. The molecule has 0 aliphatic carbocycles. The van der Waals surface area contributed by atoms with E-state index >= 15 is 0 Å². The summed E-state index contributed by atoms with van der Waals surface area (Å²) in [6.07, 6.45) is 0. The van der Waals surface area contributed by atoms with Crippen LogP contribution in [-0.2, 0) is 11.3 Å². The summed E-state index contributed by atoms with van der Waals surface area (Å²) in [5.74, 6) is 1.39. The molecule has 1 aliphatic heterocycles. The van der Waals surface area contributed by atoms with E-state index in [1.54, 1.807) is 11.3 Å². The van der Waals surface area contributed by atoms with Gasteiger partial charge in [-0.2, -0.15) is 0 Å². The first kappa shape index (κ1) is 23.0. The van der Waals surface area contributed by atoms with Gasteiger partial charge in [-0.25, -0.2) is 4.98 Å². The van der Waals surface area contributed by atoms with Crippen LogP contribution in [0.5, 0.6) is 0 Å². The smallest absolute Gasteiger partial charge is 0.233 e. The summed E-state index contributed by atoms with van der Waals surface area (Å²) in [4.78, 5) is 22.2. The molecule has 1 atom stereocenters. The molecule has 7 nitrogen and oxygen atoms in total. The van der Waals surface area contributed by atoms with E-state index in [0.29, 0.717) is 12.3 Å². The first-order valence-corrected chi connectivity index (χ1v) is 13.3. The molecule has 0 N–H and O–H groups in total. The highest BCUT2D eigenvalue weighted by Crippen LogP contribution is 2.30. The predicted molar refractivity (Wildman–Crippen MR) is 137 cm³/mol. The lowest BCUT2D eigenvalue weighted by molar-refractivity contribution is -0.130. The van der Waals surface area contributed by atoms with Gasteiger partial charge in [-0.15, -0.1) is 21.5 Å². The van der Waals surface area contributed by atoms with Crippen LogP contribution in [0.3, 0.4) is 0 Å². The minimum atomic E-state index is 0.157. The number of carbonyl (C=O) groups excluding carboxylic acids is 1. The standard InChI is InChI=1S/C25H28N6OS2/c1-18(24-26-21-10-6-7-11-22(21)34-24)29-12-14-30(15-13-29)23(32)17-33-25-28-27-19(2)31(25)16-20-8-4-3-5-9-20/h3-11,18H,12-17H2,1-2H3. The van der Waals surface area contributed by atoms with E-state index in [2.05, 4.69) is 56.9 Å². The molecule has 2 aromatic carbocycles. The van der Waals surface area contributed by atoms with Gasteiger partial charge < -0.3 is 9.47 Å². The second kappa shape index (κ2) is 10.2. The van der Waals surface area contributed by atoms with Crippen LogP contribution >= 0.6 is 23.1 Å². The Bertz CT molecular complexity index is 1230. The summed E-state index contributed by atoms with van der Waals surface area (Å²) >= 11 is 3.24. The van der Waals surface area contributed by atoms with Crippen molar-refractivity contribution in [2.75, 3.05) is 31.9 Å². The average Bonchev–Trinajstić information content (AvgIpc) is 3.46. The molecule has 34 heavy (non-hydrogen) atoms. The number of hydrogen-bond donors (Lipinski definition) is 0. The fraction of sp³-hybridized carbons (Fsp3) is 0.360. The quantitative estimate of drug-likeness (QED) is 0.360. The molecule has 0 bridgehead atoms. The van der Waals surface area contributed by atoms with Crippen LogP contribution in [0.4, 0.5) is 0 Å². The van der Waals surface area contributed by atoms with Crippen molar-refractivity contribution in [2.45, 2.75) is 31.6 Å². The molecular weight excluding hydrogens is 464 g/mol. The van der Waals surface area contributed by atoms with Crippen molar-refractivity contribution in [3.63, 3.8) is 0 Å². The number of carbonyl (C=O) groups is 1. The Balaban J connectivity index is 1.15. The van der Waals surface area contributed by atoms with Crippen LogP contribution in [0.15, 0.2) is 59.8 Å². The minimum absolute atomic E-state index is 0.157. The minimum Gasteiger partial charge on any atom is -0.339 e. The van der Waals surface area contributed by atoms with E-state index in [1.165, 1.54) is 22.0 Å². The molecule has 0 saturated carbocycles. The van der Waals surface area contributed by atoms with Crippen molar-refractivity contribution in [3.8, 4) is 0 Å². The topological polar surface area (TPSA) is 67.2 Å². The molecule has 1 fully saturated rings. The normalized spacial score (nSPS) is 15.6. The van der Waals surface area contributed by atoms with Gasteiger partial charge in [0.25, 0.3) is 0 Å². The monoisotopic (exact) mass is 492 g/mol. The number of thioether (sulfide) groups is 1. The Morgan fingerprint density at radius 1 is 1.03 bits per heavy atom. The number of amides is 1. The molecule has 4 aromatic rings. The van der Waals surface area contributed by atoms with Crippen molar-refractivity contribution in [3.05, 3.63) is 71.0 Å². The fourth-order valence-electron chi connectivity index (χ4n) is 4.22. The maximum Gasteiger partial charge on any atom is 0.233 e. The zero-order valence-electron chi connectivity index (χ0n) is 19.4. The van der Waals surface area contributed by atoms with Gasteiger partial charge in [0.1, 0.15) is 10.8 Å². The van der Waals surface area contributed by atoms with Gasteiger partial charge in [-0.05, 0) is 31.5 Å². The van der Waals surface area contributed by atoms with Crippen molar-refractivity contribution in [1.82, 2.24) is 29.5 Å². The van der Waals surface area contributed by atoms with Crippen LogP contribution in [0.1, 0.15) is 29.4 Å². The first-order chi connectivity index (χ1) is 16.6. The Morgan fingerprint density at radius 3 is 2.53 bits per heavy atom. The molecule has 3 heterocycles. The van der Waals surface area contributed by atoms with Crippen LogP contribution < -0.4 is 0 Å². The Labute approximate surface area is 207 Å². The van der Waals surface area contributed by atoms with Gasteiger partial charge in [0, 0.05) is 26.2 Å². The maximum atomic E-state index is 12.9. The summed E-state index contributed by atoms with van der Waals surface area (Å²) < 4.78 is 3.30. The summed E-state index contributed by atoms with van der Waals surface area (Å²) in [5, 5.41) is 10.5. The Morgan fingerprint density at radius 2 is 1.76 bits per heavy atom. The number of fused-ring (bicyclic) bond motifs is 1. The van der Waals surface area contributed by atoms with Gasteiger partial charge >= 0.3 is 0 Å². The van der Waals surface area contributed by atoms with E-state index in [9.17, 15) is 4.79 Å². The lowest BCUT2D eigenvalue weighted by atomic mass is 10.2. The van der Waals surface area contributed by atoms with E-state index in [0.717, 1.165) is 47.7 Å². The van der Waals surface area contributed by atoms with Crippen molar-refractivity contribution in [2.24, 2.45) is 0 Å². The largest absolute Gasteiger partial charge is 0.339 e. The van der Waals surface area contributed by atoms with E-state index < -0.39 is 0 Å². The third-order valence-corrected chi connectivity index (χ3v) is 8.45. The van der Waals surface area contributed by atoms with E-state index in [4.69, 9.17) is 4.98 Å². The SMILES string of the molecule is Cc1nnc(SCC(=O)N2CCN(C(C)c3nc4ccccc4s3)CC2)n1Cc1ccccc1. The number of rotatable bonds is 7. The molecule has 1 saturated heterocycles. The highest BCUT2D eigenvalue weighted by molar-refractivity contribution is 7.99. The van der Waals surface area contributed by atoms with Gasteiger partial charge in [-0.1, -0.05) is 54.2 Å². The summed E-state index contributed by atoms with van der Waals surface area (Å²) in [5.41, 5.74) is 2.26. The van der Waals surface area contributed by atoms with Gasteiger partial charge in [0.2, 0.25) is 5.91 Å². The third kappa shape index (κ3) is 5.01. The number of aryl methyl sites for hydroxylation is 1. The molecule has 1 unspecified atom stereocenters. The molecule has 0 radical (unpaired) electrons. The number of hydrogen-bond acceptors (Lipinski definition) is 7. The van der Waals surface area contributed by atoms with Crippen molar-refractivity contribution >= 4 is 39.2 Å². The number of thiazole rings is 1. The lowest BCUT2D eigenvalue weighted by Crippen LogP contribution is -2.49. The first-order valence-electron chi connectivity index (χ1n) is 11.5. The highest BCUT2D eigenvalue weighted by Gasteiger charge is 2.26. The highest BCUT2D eigenvalue weighted by atomic mass is 32.2. The summed E-state index contributed by atoms with van der Waals surface area (Å²) in [6.45, 7) is 8.07. The van der Waals surface area contributed by atoms with Crippen LogP contribution in [0.25, 0.3) is 10.2 Å². The molecule has 2 aromatic heterocycles. The summed E-state index contributed by atoms with van der Waals surface area (Å²) in [7, 11) is 0. The Hall–Kier alpha value is -2.75. The van der Waals surface area contributed by atoms with Gasteiger partial charge in [0.15, 0.2) is 5.16 Å². The molecule has 1 amide bonds. The maximum absolute atomic E-state index is 12.9. The Kier molecular flexibility index (Phi) is 6.94. The second-order valence-corrected chi connectivity index (χ2v) is 10.5. The van der Waals surface area contributed by atoms with Gasteiger partial charge in [-0.3, -0.25) is 9.69 Å². The molecule has 176 valence electrons. The molecule has 1 aliphatic rings. The van der Waals surface area contributed by atoms with Crippen molar-refractivity contribution in [1.29, 1.82) is 0 Å². The number of aromatic nitrogens is 4. The lowest BCUT2D eigenvalue weighted by Gasteiger charge is -2.37. The number of piperazine rings is 1. The summed E-state index contributed by atoms with van der Waals surface area (Å²) in [6, 6.07) is 18.8. The van der Waals surface area contributed by atoms with Crippen molar-refractivity contribution < 1.29 is 4.79 Å².